The van der Waals surface area contributed by atoms with Gasteiger partial charge in [-0.1, -0.05) is 41.9 Å². The zero-order valence-electron chi connectivity index (χ0n) is 29.8. The molecule has 2 aliphatic rings. The van der Waals surface area contributed by atoms with E-state index in [1.807, 2.05) is 0 Å². The fourth-order valence-corrected chi connectivity index (χ4v) is 8.04. The van der Waals surface area contributed by atoms with Gasteiger partial charge in [0.05, 0.1) is 40.0 Å². The van der Waals surface area contributed by atoms with Gasteiger partial charge in [-0.25, -0.2) is 31.0 Å². The average Bonchev–Trinajstić information content (AvgIpc) is 3.78. The normalized spacial score (nSPS) is 17.6. The second kappa shape index (κ2) is 14.7. The first-order chi connectivity index (χ1) is 26.9. The van der Waals surface area contributed by atoms with Gasteiger partial charge in [0.25, 0.3) is 27.9 Å². The van der Waals surface area contributed by atoms with Crippen LogP contribution in [0.4, 0.5) is 32.0 Å². The number of alkyl halides is 4. The smallest absolute Gasteiger partial charge is 0.293 e. The molecule has 0 saturated heterocycles. The summed E-state index contributed by atoms with van der Waals surface area (Å²) in [6.07, 6.45) is -2.87. The van der Waals surface area contributed by atoms with E-state index in [1.165, 1.54) is 19.2 Å². The molecule has 0 radical (unpaired) electrons. The van der Waals surface area contributed by atoms with Gasteiger partial charge in [-0.2, -0.15) is 13.9 Å². The number of amides is 1. The van der Waals surface area contributed by atoms with Crippen LogP contribution in [0.1, 0.15) is 58.7 Å². The molecule has 0 aliphatic heterocycles. The number of halogens is 7. The summed E-state index contributed by atoms with van der Waals surface area (Å²) in [7, 11) is -2.65. The van der Waals surface area contributed by atoms with E-state index in [0.29, 0.717) is 16.3 Å². The summed E-state index contributed by atoms with van der Waals surface area (Å²) in [6.45, 7) is -0.980. The second-order valence-electron chi connectivity index (χ2n) is 13.6. The minimum absolute atomic E-state index is 0.00237. The van der Waals surface area contributed by atoms with Gasteiger partial charge in [-0.15, -0.1) is 4.40 Å². The fraction of sp³-hybridized carbons (Fsp3) is 0.270. The van der Waals surface area contributed by atoms with Crippen molar-refractivity contribution in [1.29, 1.82) is 0 Å². The van der Waals surface area contributed by atoms with Gasteiger partial charge in [0, 0.05) is 42.6 Å². The number of nitrogens with two attached hydrogens (primary N) is 1. The first-order valence-corrected chi connectivity index (χ1v) is 19.4. The molecule has 20 heteroatoms. The zero-order chi connectivity index (χ0) is 41.1. The number of carbonyl (C=O) groups is 1. The molecular weight excluding hydrogens is 802 g/mol. The van der Waals surface area contributed by atoms with E-state index in [-0.39, 0.29) is 51.0 Å². The number of aromatic nitrogens is 4. The molecule has 5 aromatic rings. The molecule has 0 bridgehead atoms. The zero-order valence-corrected chi connectivity index (χ0v) is 31.4. The average molecular weight is 833 g/mol. The topological polar surface area (TPSA) is 166 Å². The van der Waals surface area contributed by atoms with Gasteiger partial charge in [-0.3, -0.25) is 18.8 Å². The maximum absolute atomic E-state index is 15.4. The number of rotatable bonds is 12. The molecule has 3 aromatic carbocycles. The van der Waals surface area contributed by atoms with E-state index in [9.17, 15) is 35.6 Å². The number of hydrogen-bond acceptors (Lipinski definition) is 7. The predicted molar refractivity (Wildman–Crippen MR) is 198 cm³/mol. The fourth-order valence-electron chi connectivity index (χ4n) is 7.34. The number of nitrogens with one attached hydrogen (secondary N) is 2. The lowest BCUT2D eigenvalue weighted by Gasteiger charge is -2.25. The third-order valence-corrected chi connectivity index (χ3v) is 10.5. The number of fused-ring (bicyclic) bond motifs is 3. The Bertz CT molecular complexity index is 2620. The Morgan fingerprint density at radius 2 is 1.77 bits per heavy atom. The van der Waals surface area contributed by atoms with Crippen LogP contribution in [-0.4, -0.2) is 52.8 Å². The Balaban J connectivity index is 1.42. The quantitative estimate of drug-likeness (QED) is 0.0785. The van der Waals surface area contributed by atoms with Crippen LogP contribution in [0.3, 0.4) is 0 Å². The maximum atomic E-state index is 15.4. The Morgan fingerprint density at radius 3 is 2.40 bits per heavy atom. The summed E-state index contributed by atoms with van der Waals surface area (Å²) >= 11 is 6.48. The summed E-state index contributed by atoms with van der Waals surface area (Å²) < 4.78 is 117. The van der Waals surface area contributed by atoms with Crippen LogP contribution in [0, 0.1) is 17.6 Å². The number of nitrogens with zero attached hydrogens (tertiary/aromatic N) is 5. The molecule has 298 valence electrons. The van der Waals surface area contributed by atoms with Crippen molar-refractivity contribution < 1.29 is 39.6 Å². The van der Waals surface area contributed by atoms with Gasteiger partial charge >= 0.3 is 0 Å². The number of sulfonamides is 1. The third-order valence-electron chi connectivity index (χ3n) is 9.63. The number of carbonyl (C=O) groups excluding carboxylic acids is 1. The Labute approximate surface area is 325 Å². The molecule has 1 saturated carbocycles. The molecular formula is C37H31ClF6N8O4S. The lowest BCUT2D eigenvalue weighted by Crippen LogP contribution is -2.38. The standard InChI is InChI=1S/C37H31ClF6N8O4S/c1-46-31-26(9-8-23(38)30(31)35(45)50-57(2,55)56)52-28(54)15-24(18-6-4-3-5-7-18)48-36(52)25(12-17-10-19(39)13-20(40)11-17)47-27(53)16-51-33-29(32(49-51)34(41)42)21-14-22(21)37(33,43)44/h3-11,13,15,21-22,25,34,46H,12,14,16H2,1-2H3,(H2,45,50)(H,47,53)/t21?,22?,25-/m0/s1. The van der Waals surface area contributed by atoms with E-state index in [1.54, 1.807) is 30.3 Å². The maximum Gasteiger partial charge on any atom is 0.293 e. The van der Waals surface area contributed by atoms with Crippen molar-refractivity contribution in [3.05, 3.63) is 128 Å². The van der Waals surface area contributed by atoms with Crippen molar-refractivity contribution in [3.8, 4) is 16.9 Å². The van der Waals surface area contributed by atoms with E-state index in [0.717, 1.165) is 29.0 Å². The molecule has 3 atom stereocenters. The molecule has 2 aliphatic carbocycles. The summed E-state index contributed by atoms with van der Waals surface area (Å²) in [6, 6.07) is 13.2. The molecule has 0 spiro atoms. The van der Waals surface area contributed by atoms with Crippen LogP contribution in [0.25, 0.3) is 16.9 Å². The Hall–Kier alpha value is -5.69. The van der Waals surface area contributed by atoms with Crippen molar-refractivity contribution in [1.82, 2.24) is 24.6 Å². The predicted octanol–water partition coefficient (Wildman–Crippen LogP) is 5.98. The summed E-state index contributed by atoms with van der Waals surface area (Å²) in [5.74, 6) is -9.40. The van der Waals surface area contributed by atoms with Crippen LogP contribution in [0.15, 0.2) is 75.9 Å². The van der Waals surface area contributed by atoms with E-state index >= 15 is 8.78 Å². The molecule has 4 N–H and O–H groups in total. The van der Waals surface area contributed by atoms with Gasteiger partial charge in [0.1, 0.15) is 41.2 Å². The number of anilines is 1. The van der Waals surface area contributed by atoms with Crippen molar-refractivity contribution in [2.24, 2.45) is 16.0 Å². The van der Waals surface area contributed by atoms with Gasteiger partial charge < -0.3 is 16.4 Å². The van der Waals surface area contributed by atoms with Crippen LogP contribution >= 0.6 is 11.6 Å². The van der Waals surface area contributed by atoms with E-state index in [4.69, 9.17) is 22.3 Å². The number of benzene rings is 3. The van der Waals surface area contributed by atoms with Crippen molar-refractivity contribution in [3.63, 3.8) is 0 Å². The van der Waals surface area contributed by atoms with Gasteiger partial charge in [0.2, 0.25) is 5.91 Å². The van der Waals surface area contributed by atoms with E-state index < -0.39 is 93.5 Å². The third kappa shape index (κ3) is 7.60. The molecule has 1 fully saturated rings. The molecule has 7 rings (SSSR count). The summed E-state index contributed by atoms with van der Waals surface area (Å²) in [5.41, 5.74) is 3.66. The molecule has 2 heterocycles. The highest BCUT2D eigenvalue weighted by Gasteiger charge is 2.67. The first-order valence-electron chi connectivity index (χ1n) is 17.1. The lowest BCUT2D eigenvalue weighted by molar-refractivity contribution is -0.123. The molecule has 57 heavy (non-hydrogen) atoms. The Kier molecular flexibility index (Phi) is 10.2. The van der Waals surface area contributed by atoms with Crippen LogP contribution in [0.5, 0.6) is 0 Å². The minimum Gasteiger partial charge on any atom is -0.386 e. The SMILES string of the molecule is CNc1c(-n2c([C@H](Cc3cc(F)cc(F)c3)NC(=O)Cn3nc(C(F)F)c4c3C(F)(F)C3CC43)nc(-c3ccccc3)cc2=O)ccc(Cl)c1C(N)=NS(C)(=O)=O. The number of amidine groups is 1. The lowest BCUT2D eigenvalue weighted by atomic mass is 10.0. The summed E-state index contributed by atoms with van der Waals surface area (Å²) in [5, 5.41) is 9.08. The molecule has 1 amide bonds. The number of hydrogen-bond donors (Lipinski definition) is 3. The van der Waals surface area contributed by atoms with Crippen molar-refractivity contribution in [2.45, 2.75) is 43.7 Å². The van der Waals surface area contributed by atoms with Crippen LogP contribution < -0.4 is 21.9 Å². The van der Waals surface area contributed by atoms with E-state index in [2.05, 4.69) is 20.1 Å². The minimum atomic E-state index is -4.06. The molecule has 12 nitrogen and oxygen atoms in total. The van der Waals surface area contributed by atoms with Crippen molar-refractivity contribution in [2.75, 3.05) is 18.6 Å². The highest BCUT2D eigenvalue weighted by atomic mass is 35.5. The molecule has 2 aromatic heterocycles. The summed E-state index contributed by atoms with van der Waals surface area (Å²) in [4.78, 5) is 33.0. The van der Waals surface area contributed by atoms with Crippen LogP contribution in [-0.2, 0) is 33.7 Å². The monoisotopic (exact) mass is 832 g/mol. The highest BCUT2D eigenvalue weighted by molar-refractivity contribution is 7.89. The second-order valence-corrected chi connectivity index (χ2v) is 15.7. The van der Waals surface area contributed by atoms with Gasteiger partial charge in [0.15, 0.2) is 0 Å². The first kappa shape index (κ1) is 39.5. The van der Waals surface area contributed by atoms with Crippen molar-refractivity contribution >= 4 is 39.1 Å². The highest BCUT2D eigenvalue weighted by Crippen LogP contribution is 2.68. The van der Waals surface area contributed by atoms with Gasteiger partial charge in [-0.05, 0) is 42.2 Å². The Morgan fingerprint density at radius 1 is 1.09 bits per heavy atom. The molecule has 2 unspecified atom stereocenters. The largest absolute Gasteiger partial charge is 0.386 e. The van der Waals surface area contributed by atoms with Crippen LogP contribution in [0.2, 0.25) is 5.02 Å².